The van der Waals surface area contributed by atoms with Crippen molar-refractivity contribution < 1.29 is 9.90 Å². The van der Waals surface area contributed by atoms with Gasteiger partial charge >= 0.3 is 6.03 Å². The van der Waals surface area contributed by atoms with Crippen LogP contribution in [0.25, 0.3) is 10.1 Å². The van der Waals surface area contributed by atoms with E-state index in [9.17, 15) is 9.90 Å². The van der Waals surface area contributed by atoms with Crippen LogP contribution >= 0.6 is 11.3 Å². The van der Waals surface area contributed by atoms with Crippen LogP contribution < -0.4 is 10.6 Å². The summed E-state index contributed by atoms with van der Waals surface area (Å²) in [6.07, 6.45) is 0. The Kier molecular flexibility index (Phi) is 4.30. The van der Waals surface area contributed by atoms with Gasteiger partial charge in [-0.25, -0.2) is 4.79 Å². The molecule has 0 saturated carbocycles. The first kappa shape index (κ1) is 14.8. The maximum Gasteiger partial charge on any atom is 0.315 e. The van der Waals surface area contributed by atoms with Gasteiger partial charge in [0.25, 0.3) is 0 Å². The van der Waals surface area contributed by atoms with Gasteiger partial charge in [0.15, 0.2) is 0 Å². The highest BCUT2D eigenvalue weighted by Crippen LogP contribution is 2.32. The van der Waals surface area contributed by atoms with Gasteiger partial charge in [-0.1, -0.05) is 18.2 Å². The Hall–Kier alpha value is -1.59. The average Bonchev–Trinajstić information content (AvgIpc) is 2.80. The number of hydrogen-bond donors (Lipinski definition) is 3. The Bertz CT molecular complexity index is 572. The van der Waals surface area contributed by atoms with Crippen LogP contribution in [0.2, 0.25) is 0 Å². The highest BCUT2D eigenvalue weighted by atomic mass is 32.1. The largest absolute Gasteiger partial charge is 0.383 e. The van der Waals surface area contributed by atoms with Gasteiger partial charge in [-0.15, -0.1) is 11.3 Å². The maximum atomic E-state index is 11.6. The lowest BCUT2D eigenvalue weighted by molar-refractivity contribution is 0.0631. The van der Waals surface area contributed by atoms with E-state index in [0.29, 0.717) is 0 Å². The molecule has 0 unspecified atom stereocenters. The van der Waals surface area contributed by atoms with Gasteiger partial charge in [0.1, 0.15) is 5.60 Å². The summed E-state index contributed by atoms with van der Waals surface area (Å²) in [6, 6.07) is 9.78. The second kappa shape index (κ2) is 5.81. The van der Waals surface area contributed by atoms with Crippen molar-refractivity contribution in [3.63, 3.8) is 0 Å². The van der Waals surface area contributed by atoms with E-state index in [4.69, 9.17) is 0 Å². The molecule has 1 atom stereocenters. The number of benzene rings is 1. The van der Waals surface area contributed by atoms with Crippen LogP contribution in [0.5, 0.6) is 0 Å². The maximum absolute atomic E-state index is 11.6. The van der Waals surface area contributed by atoms with Crippen molar-refractivity contribution in [3.05, 3.63) is 35.2 Å². The molecular weight excluding hydrogens is 272 g/mol. The minimum absolute atomic E-state index is 0.0734. The molecule has 0 saturated heterocycles. The fraction of sp³-hybridized carbons (Fsp3) is 0.400. The van der Waals surface area contributed by atoms with E-state index in [1.807, 2.05) is 44.2 Å². The second-order valence-electron chi connectivity index (χ2n) is 5.40. The Balaban J connectivity index is 2.07. The van der Waals surface area contributed by atoms with Crippen LogP contribution in [-0.4, -0.2) is 23.7 Å². The first-order valence-corrected chi connectivity index (χ1v) is 7.46. The summed E-state index contributed by atoms with van der Waals surface area (Å²) in [7, 11) is 0. The van der Waals surface area contributed by atoms with Gasteiger partial charge in [-0.3, -0.25) is 0 Å². The minimum atomic E-state index is -1.07. The second-order valence-corrected chi connectivity index (χ2v) is 6.49. The number of aliphatic hydroxyl groups is 1. The third-order valence-electron chi connectivity index (χ3n) is 2.97. The third kappa shape index (κ3) is 3.49. The summed E-state index contributed by atoms with van der Waals surface area (Å²) in [4.78, 5) is 12.4. The summed E-state index contributed by atoms with van der Waals surface area (Å²) in [5, 5.41) is 17.1. The zero-order chi connectivity index (χ0) is 14.8. The van der Waals surface area contributed by atoms with Gasteiger partial charge < -0.3 is 15.7 Å². The lowest BCUT2D eigenvalue weighted by atomic mass is 10.0. The van der Waals surface area contributed by atoms with Crippen molar-refractivity contribution in [1.82, 2.24) is 10.6 Å². The van der Waals surface area contributed by atoms with E-state index in [1.165, 1.54) is 0 Å². The van der Waals surface area contributed by atoms with Crippen molar-refractivity contribution in [3.8, 4) is 0 Å². The summed E-state index contributed by atoms with van der Waals surface area (Å²) in [5.74, 6) is 0. The lowest BCUT2D eigenvalue weighted by Gasteiger charge is -2.22. The standard InChI is InChI=1S/C15H20N2O2S/c1-10(2)17-14(18)16-9-15(3,19)13-8-11-6-4-5-7-12(11)20-13/h4-8,10,19H,9H2,1-3H3,(H2,16,17,18)/t15-/m1/s1. The van der Waals surface area contributed by atoms with Gasteiger partial charge in [-0.05, 0) is 38.3 Å². The van der Waals surface area contributed by atoms with Gasteiger partial charge in [0.2, 0.25) is 0 Å². The highest BCUT2D eigenvalue weighted by molar-refractivity contribution is 7.19. The normalized spacial score (nSPS) is 14.2. The van der Waals surface area contributed by atoms with Gasteiger partial charge in [0, 0.05) is 15.6 Å². The molecule has 20 heavy (non-hydrogen) atoms. The molecular formula is C15H20N2O2S. The van der Waals surface area contributed by atoms with E-state index >= 15 is 0 Å². The molecule has 5 heteroatoms. The number of nitrogens with one attached hydrogen (secondary N) is 2. The molecule has 108 valence electrons. The minimum Gasteiger partial charge on any atom is -0.383 e. The highest BCUT2D eigenvalue weighted by Gasteiger charge is 2.26. The first-order valence-electron chi connectivity index (χ1n) is 6.64. The molecule has 0 fully saturated rings. The zero-order valence-electron chi connectivity index (χ0n) is 11.9. The summed E-state index contributed by atoms with van der Waals surface area (Å²) in [5.41, 5.74) is -1.07. The molecule has 0 aliphatic rings. The van der Waals surface area contributed by atoms with Crippen LogP contribution in [0.1, 0.15) is 25.6 Å². The summed E-state index contributed by atoms with van der Waals surface area (Å²) in [6.45, 7) is 5.68. The SMILES string of the molecule is CC(C)NC(=O)NC[C@@](C)(O)c1cc2ccccc2s1. The molecule has 1 heterocycles. The smallest absolute Gasteiger partial charge is 0.315 e. The van der Waals surface area contributed by atoms with Crippen molar-refractivity contribution in [2.75, 3.05) is 6.54 Å². The number of urea groups is 1. The van der Waals surface area contributed by atoms with E-state index in [2.05, 4.69) is 10.6 Å². The Morgan fingerprint density at radius 1 is 1.40 bits per heavy atom. The van der Waals surface area contributed by atoms with Crippen molar-refractivity contribution in [2.45, 2.75) is 32.4 Å². The van der Waals surface area contributed by atoms with Crippen LogP contribution in [0.4, 0.5) is 4.79 Å². The number of amides is 2. The molecule has 0 bridgehead atoms. The van der Waals surface area contributed by atoms with Crippen molar-refractivity contribution in [1.29, 1.82) is 0 Å². The number of fused-ring (bicyclic) bond motifs is 1. The molecule has 2 amide bonds. The molecule has 0 aliphatic heterocycles. The molecule has 1 aromatic heterocycles. The third-order valence-corrected chi connectivity index (χ3v) is 4.34. The topological polar surface area (TPSA) is 61.4 Å². The average molecular weight is 292 g/mol. The predicted molar refractivity (Wildman–Crippen MR) is 83.1 cm³/mol. The molecule has 2 aromatic rings. The number of carbonyl (C=O) groups excluding carboxylic acids is 1. The molecule has 2 rings (SSSR count). The molecule has 3 N–H and O–H groups in total. The Labute approximate surface area is 122 Å². The van der Waals surface area contributed by atoms with E-state index in [0.717, 1.165) is 15.0 Å². The van der Waals surface area contributed by atoms with E-state index < -0.39 is 5.60 Å². The molecule has 0 aliphatic carbocycles. The first-order chi connectivity index (χ1) is 9.38. The van der Waals surface area contributed by atoms with Crippen LogP contribution in [0, 0.1) is 0 Å². The van der Waals surface area contributed by atoms with E-state index in [-0.39, 0.29) is 18.6 Å². The van der Waals surface area contributed by atoms with Crippen molar-refractivity contribution in [2.24, 2.45) is 0 Å². The Morgan fingerprint density at radius 2 is 2.10 bits per heavy atom. The van der Waals surface area contributed by atoms with Crippen LogP contribution in [0.15, 0.2) is 30.3 Å². The van der Waals surface area contributed by atoms with Crippen LogP contribution in [-0.2, 0) is 5.60 Å². The molecule has 1 aromatic carbocycles. The van der Waals surface area contributed by atoms with E-state index in [1.54, 1.807) is 18.3 Å². The monoisotopic (exact) mass is 292 g/mol. The fourth-order valence-electron chi connectivity index (χ4n) is 1.90. The molecule has 4 nitrogen and oxygen atoms in total. The van der Waals surface area contributed by atoms with Gasteiger partial charge in [-0.2, -0.15) is 0 Å². The van der Waals surface area contributed by atoms with Crippen LogP contribution in [0.3, 0.4) is 0 Å². The molecule has 0 radical (unpaired) electrons. The summed E-state index contributed by atoms with van der Waals surface area (Å²) < 4.78 is 1.13. The lowest BCUT2D eigenvalue weighted by Crippen LogP contribution is -2.45. The number of thiophene rings is 1. The fourth-order valence-corrected chi connectivity index (χ4v) is 3.01. The molecule has 0 spiro atoms. The van der Waals surface area contributed by atoms with Gasteiger partial charge in [0.05, 0.1) is 6.54 Å². The number of rotatable bonds is 4. The van der Waals surface area contributed by atoms with Crippen molar-refractivity contribution >= 4 is 27.5 Å². The Morgan fingerprint density at radius 3 is 2.75 bits per heavy atom. The quantitative estimate of drug-likeness (QED) is 0.811. The number of hydrogen-bond acceptors (Lipinski definition) is 3. The zero-order valence-corrected chi connectivity index (χ0v) is 12.8. The number of carbonyl (C=O) groups is 1. The predicted octanol–water partition coefficient (Wildman–Crippen LogP) is 2.82. The summed E-state index contributed by atoms with van der Waals surface area (Å²) >= 11 is 1.55.